The lowest BCUT2D eigenvalue weighted by atomic mass is 10.1. The summed E-state index contributed by atoms with van der Waals surface area (Å²) in [5.74, 6) is 1.33. The zero-order valence-corrected chi connectivity index (χ0v) is 16.3. The Labute approximate surface area is 156 Å². The average Bonchev–Trinajstić information content (AvgIpc) is 2.56. The highest BCUT2D eigenvalue weighted by Gasteiger charge is 2.14. The summed E-state index contributed by atoms with van der Waals surface area (Å²) < 4.78 is 12.3. The summed E-state index contributed by atoms with van der Waals surface area (Å²) in [5, 5.41) is 3.02. The van der Waals surface area contributed by atoms with Crippen molar-refractivity contribution < 1.29 is 14.3 Å². The third-order valence-corrected chi connectivity index (χ3v) is 4.17. The molecule has 0 radical (unpaired) electrons. The molecule has 1 unspecified atom stereocenters. The Hall–Kier alpha value is -1.76. The van der Waals surface area contributed by atoms with Gasteiger partial charge in [0.15, 0.2) is 11.5 Å². The normalized spacial score (nSPS) is 11.7. The van der Waals surface area contributed by atoms with Crippen molar-refractivity contribution in [1.82, 2.24) is 5.32 Å². The molecule has 2 aromatic rings. The number of nitrogens with one attached hydrogen (secondary N) is 1. The number of hydrogen-bond acceptors (Lipinski definition) is 3. The first kappa shape index (κ1) is 18.6. The maximum Gasteiger partial charge on any atom is 0.251 e. The van der Waals surface area contributed by atoms with E-state index < -0.39 is 0 Å². The fourth-order valence-corrected chi connectivity index (χ4v) is 2.87. The van der Waals surface area contributed by atoms with Crippen LogP contribution < -0.4 is 14.8 Å². The standard InChI is InChI=1S/C19H22INO3/c1-4-23-17-10-9-14(12-18(17)24-5-2)13(3)21-19(22)15-7-6-8-16(20)11-15/h6-13H,4-5H2,1-3H3,(H,21,22). The summed E-state index contributed by atoms with van der Waals surface area (Å²) in [6, 6.07) is 13.2. The molecular weight excluding hydrogens is 417 g/mol. The summed E-state index contributed by atoms with van der Waals surface area (Å²) in [7, 11) is 0. The molecule has 0 fully saturated rings. The summed E-state index contributed by atoms with van der Waals surface area (Å²) in [6.45, 7) is 6.97. The summed E-state index contributed by atoms with van der Waals surface area (Å²) in [6.07, 6.45) is 0. The van der Waals surface area contributed by atoms with Gasteiger partial charge in [-0.2, -0.15) is 0 Å². The first-order valence-electron chi connectivity index (χ1n) is 8.01. The number of carbonyl (C=O) groups is 1. The van der Waals surface area contributed by atoms with Crippen LogP contribution in [0.4, 0.5) is 0 Å². The Bertz CT molecular complexity index is 703. The van der Waals surface area contributed by atoms with Crippen molar-refractivity contribution in [1.29, 1.82) is 0 Å². The molecular formula is C19H22INO3. The van der Waals surface area contributed by atoms with E-state index in [9.17, 15) is 4.79 Å². The van der Waals surface area contributed by atoms with Gasteiger partial charge in [-0.3, -0.25) is 4.79 Å². The highest BCUT2D eigenvalue weighted by molar-refractivity contribution is 14.1. The molecule has 2 aromatic carbocycles. The van der Waals surface area contributed by atoms with Crippen LogP contribution in [0.5, 0.6) is 11.5 Å². The third-order valence-electron chi connectivity index (χ3n) is 3.50. The summed E-state index contributed by atoms with van der Waals surface area (Å²) >= 11 is 2.20. The van der Waals surface area contributed by atoms with E-state index in [0.29, 0.717) is 24.5 Å². The Morgan fingerprint density at radius 3 is 2.46 bits per heavy atom. The molecule has 24 heavy (non-hydrogen) atoms. The second kappa shape index (κ2) is 8.92. The van der Waals surface area contributed by atoms with Crippen molar-refractivity contribution in [3.05, 3.63) is 57.2 Å². The van der Waals surface area contributed by atoms with Crippen LogP contribution in [-0.2, 0) is 0 Å². The van der Waals surface area contributed by atoms with E-state index >= 15 is 0 Å². The molecule has 0 spiro atoms. The first-order chi connectivity index (χ1) is 11.5. The van der Waals surface area contributed by atoms with Crippen LogP contribution >= 0.6 is 22.6 Å². The van der Waals surface area contributed by atoms with Crippen LogP contribution in [0.3, 0.4) is 0 Å². The lowest BCUT2D eigenvalue weighted by molar-refractivity contribution is 0.0939. The minimum atomic E-state index is -0.134. The monoisotopic (exact) mass is 439 g/mol. The van der Waals surface area contributed by atoms with Crippen LogP contribution in [0.1, 0.15) is 42.7 Å². The van der Waals surface area contributed by atoms with Crippen molar-refractivity contribution in [3.63, 3.8) is 0 Å². The number of halogens is 1. The predicted molar refractivity (Wildman–Crippen MR) is 104 cm³/mol. The topological polar surface area (TPSA) is 47.6 Å². The lowest BCUT2D eigenvalue weighted by Crippen LogP contribution is -2.26. The van der Waals surface area contributed by atoms with E-state index in [1.807, 2.05) is 63.2 Å². The molecule has 5 heteroatoms. The molecule has 1 N–H and O–H groups in total. The first-order valence-corrected chi connectivity index (χ1v) is 9.09. The number of benzene rings is 2. The van der Waals surface area contributed by atoms with E-state index in [4.69, 9.17) is 9.47 Å². The minimum absolute atomic E-state index is 0.0899. The fourth-order valence-electron chi connectivity index (χ4n) is 2.33. The van der Waals surface area contributed by atoms with Gasteiger partial charge >= 0.3 is 0 Å². The van der Waals surface area contributed by atoms with Gasteiger partial charge in [0.2, 0.25) is 0 Å². The zero-order chi connectivity index (χ0) is 17.5. The van der Waals surface area contributed by atoms with Crippen LogP contribution in [0.25, 0.3) is 0 Å². The molecule has 1 amide bonds. The third kappa shape index (κ3) is 4.87. The second-order valence-corrected chi connectivity index (χ2v) is 6.52. The molecule has 0 bridgehead atoms. The number of amides is 1. The largest absolute Gasteiger partial charge is 0.490 e. The second-order valence-electron chi connectivity index (χ2n) is 5.28. The van der Waals surface area contributed by atoms with Crippen LogP contribution in [-0.4, -0.2) is 19.1 Å². The van der Waals surface area contributed by atoms with Gasteiger partial charge in [0, 0.05) is 9.13 Å². The molecule has 0 saturated heterocycles. The molecule has 0 aliphatic heterocycles. The fraction of sp³-hybridized carbons (Fsp3) is 0.316. The van der Waals surface area contributed by atoms with E-state index in [1.54, 1.807) is 0 Å². The van der Waals surface area contributed by atoms with E-state index in [-0.39, 0.29) is 11.9 Å². The van der Waals surface area contributed by atoms with E-state index in [0.717, 1.165) is 14.9 Å². The van der Waals surface area contributed by atoms with Crippen molar-refractivity contribution >= 4 is 28.5 Å². The van der Waals surface area contributed by atoms with Gasteiger partial charge in [0.05, 0.1) is 19.3 Å². The van der Waals surface area contributed by atoms with Gasteiger partial charge in [0.25, 0.3) is 5.91 Å². The number of carbonyl (C=O) groups excluding carboxylic acids is 1. The molecule has 128 valence electrons. The van der Waals surface area contributed by atoms with Crippen LogP contribution in [0.15, 0.2) is 42.5 Å². The number of ether oxygens (including phenoxy) is 2. The van der Waals surface area contributed by atoms with E-state index in [1.165, 1.54) is 0 Å². The Morgan fingerprint density at radius 2 is 1.79 bits per heavy atom. The number of hydrogen-bond donors (Lipinski definition) is 1. The molecule has 0 aliphatic carbocycles. The van der Waals surface area contributed by atoms with Gasteiger partial charge in [-0.1, -0.05) is 12.1 Å². The van der Waals surface area contributed by atoms with Crippen molar-refractivity contribution in [2.75, 3.05) is 13.2 Å². The Morgan fingerprint density at radius 1 is 1.08 bits per heavy atom. The summed E-state index contributed by atoms with van der Waals surface area (Å²) in [4.78, 5) is 12.4. The molecule has 0 aliphatic rings. The van der Waals surface area contributed by atoms with Crippen LogP contribution in [0.2, 0.25) is 0 Å². The smallest absolute Gasteiger partial charge is 0.251 e. The minimum Gasteiger partial charge on any atom is -0.490 e. The highest BCUT2D eigenvalue weighted by atomic mass is 127. The van der Waals surface area contributed by atoms with Gasteiger partial charge in [-0.05, 0) is 79.3 Å². The van der Waals surface area contributed by atoms with Crippen molar-refractivity contribution in [2.24, 2.45) is 0 Å². The Kier molecular flexibility index (Phi) is 6.90. The molecule has 0 saturated carbocycles. The zero-order valence-electron chi connectivity index (χ0n) is 14.1. The number of rotatable bonds is 7. The molecule has 0 heterocycles. The van der Waals surface area contributed by atoms with Gasteiger partial charge in [-0.15, -0.1) is 0 Å². The maximum absolute atomic E-state index is 12.4. The molecule has 4 nitrogen and oxygen atoms in total. The Balaban J connectivity index is 2.15. The SMILES string of the molecule is CCOc1ccc(C(C)NC(=O)c2cccc(I)c2)cc1OCC. The maximum atomic E-state index is 12.4. The predicted octanol–water partition coefficient (Wildman–Crippen LogP) is 4.58. The van der Waals surface area contributed by atoms with Gasteiger partial charge in [-0.25, -0.2) is 0 Å². The van der Waals surface area contributed by atoms with Gasteiger partial charge in [0.1, 0.15) is 0 Å². The van der Waals surface area contributed by atoms with E-state index in [2.05, 4.69) is 27.9 Å². The van der Waals surface area contributed by atoms with Crippen molar-refractivity contribution in [3.8, 4) is 11.5 Å². The summed E-state index contributed by atoms with van der Waals surface area (Å²) in [5.41, 5.74) is 1.63. The van der Waals surface area contributed by atoms with Crippen LogP contribution in [0, 0.1) is 3.57 Å². The van der Waals surface area contributed by atoms with Crippen molar-refractivity contribution in [2.45, 2.75) is 26.8 Å². The highest BCUT2D eigenvalue weighted by Crippen LogP contribution is 2.30. The van der Waals surface area contributed by atoms with Gasteiger partial charge < -0.3 is 14.8 Å². The quantitative estimate of drug-likeness (QED) is 0.643. The lowest BCUT2D eigenvalue weighted by Gasteiger charge is -2.17. The molecule has 0 aromatic heterocycles. The molecule has 2 rings (SSSR count). The average molecular weight is 439 g/mol. The molecule has 1 atom stereocenters.